The number of piperidine rings is 1. The largest absolute Gasteiger partial charge is 0.493 e. The summed E-state index contributed by atoms with van der Waals surface area (Å²) in [4.78, 5) is 22.1. The van der Waals surface area contributed by atoms with Crippen molar-refractivity contribution in [3.05, 3.63) is 65.4 Å². The van der Waals surface area contributed by atoms with Crippen LogP contribution >= 0.6 is 0 Å². The predicted molar refractivity (Wildman–Crippen MR) is 118 cm³/mol. The SMILES string of the molecule is NC(=O)c1cc(O)nc(-c2ccc(Oc3ccc(C(F)(F)F)cc3)cc2CN2CCCCC2)n1. The van der Waals surface area contributed by atoms with E-state index >= 15 is 0 Å². The molecule has 2 aromatic carbocycles. The van der Waals surface area contributed by atoms with Crippen LogP contribution in [0.25, 0.3) is 11.4 Å². The molecule has 3 aromatic rings. The van der Waals surface area contributed by atoms with E-state index in [1.54, 1.807) is 18.2 Å². The van der Waals surface area contributed by atoms with Gasteiger partial charge in [-0.25, -0.2) is 4.98 Å². The van der Waals surface area contributed by atoms with Crippen molar-refractivity contribution in [2.75, 3.05) is 13.1 Å². The van der Waals surface area contributed by atoms with E-state index in [0.717, 1.165) is 56.1 Å². The lowest BCUT2D eigenvalue weighted by Gasteiger charge is -2.27. The van der Waals surface area contributed by atoms with Crippen LogP contribution in [0.3, 0.4) is 0 Å². The van der Waals surface area contributed by atoms with Crippen LogP contribution in [0.1, 0.15) is 40.9 Å². The molecule has 1 aliphatic rings. The second-order valence-corrected chi connectivity index (χ2v) is 8.08. The highest BCUT2D eigenvalue weighted by Crippen LogP contribution is 2.33. The first kappa shape index (κ1) is 23.5. The van der Waals surface area contributed by atoms with E-state index < -0.39 is 17.6 Å². The number of aromatic nitrogens is 2. The van der Waals surface area contributed by atoms with Crippen LogP contribution < -0.4 is 10.5 Å². The molecule has 3 N–H and O–H groups in total. The smallest absolute Gasteiger partial charge is 0.416 e. The minimum atomic E-state index is -4.42. The molecule has 2 heterocycles. The molecule has 0 atom stereocenters. The number of alkyl halides is 3. The molecule has 4 rings (SSSR count). The molecule has 34 heavy (non-hydrogen) atoms. The standard InChI is InChI=1S/C24H23F3N4O3/c25-24(26,27)16-4-6-17(7-5-16)34-18-8-9-19(15(12-18)14-31-10-2-1-3-11-31)23-29-20(22(28)33)13-21(32)30-23/h4-9,12-13H,1-3,10-11,14H2,(H2,28,33)(H,29,30,32). The van der Waals surface area contributed by atoms with E-state index in [-0.39, 0.29) is 23.1 Å². The van der Waals surface area contributed by atoms with E-state index in [1.165, 1.54) is 12.1 Å². The normalized spacial score (nSPS) is 14.7. The van der Waals surface area contributed by atoms with Gasteiger partial charge in [0.05, 0.1) is 5.56 Å². The van der Waals surface area contributed by atoms with E-state index in [4.69, 9.17) is 10.5 Å². The number of likely N-dealkylation sites (tertiary alicyclic amines) is 1. The highest BCUT2D eigenvalue weighted by molar-refractivity contribution is 5.91. The molecular formula is C24H23F3N4O3. The summed E-state index contributed by atoms with van der Waals surface area (Å²) in [5.74, 6) is -0.353. The molecule has 0 spiro atoms. The Kier molecular flexibility index (Phi) is 6.69. The number of ether oxygens (including phenoxy) is 1. The summed E-state index contributed by atoms with van der Waals surface area (Å²) >= 11 is 0. The number of hydrogen-bond acceptors (Lipinski definition) is 6. The number of hydrogen-bond donors (Lipinski definition) is 2. The van der Waals surface area contributed by atoms with Gasteiger partial charge in [-0.1, -0.05) is 6.42 Å². The third kappa shape index (κ3) is 5.63. The molecule has 0 unspecified atom stereocenters. The number of carbonyl (C=O) groups is 1. The van der Waals surface area contributed by atoms with E-state index in [2.05, 4.69) is 14.9 Å². The Morgan fingerprint density at radius 3 is 2.32 bits per heavy atom. The fraction of sp³-hybridized carbons (Fsp3) is 0.292. The topological polar surface area (TPSA) is 102 Å². The molecule has 0 aliphatic carbocycles. The van der Waals surface area contributed by atoms with Crippen molar-refractivity contribution in [3.63, 3.8) is 0 Å². The van der Waals surface area contributed by atoms with Crippen LogP contribution in [0.4, 0.5) is 13.2 Å². The molecule has 1 saturated heterocycles. The van der Waals surface area contributed by atoms with Crippen LogP contribution in [-0.4, -0.2) is 39.0 Å². The quantitative estimate of drug-likeness (QED) is 0.537. The molecule has 1 fully saturated rings. The van der Waals surface area contributed by atoms with Crippen LogP contribution in [-0.2, 0) is 12.7 Å². The van der Waals surface area contributed by atoms with Gasteiger partial charge in [0.2, 0.25) is 5.88 Å². The van der Waals surface area contributed by atoms with Crippen LogP contribution in [0, 0.1) is 0 Å². The summed E-state index contributed by atoms with van der Waals surface area (Å²) in [6, 6.07) is 10.6. The number of primary amides is 1. The maximum absolute atomic E-state index is 12.8. The lowest BCUT2D eigenvalue weighted by atomic mass is 10.0. The lowest BCUT2D eigenvalue weighted by molar-refractivity contribution is -0.137. The second-order valence-electron chi connectivity index (χ2n) is 8.08. The highest BCUT2D eigenvalue weighted by Gasteiger charge is 2.30. The average molecular weight is 472 g/mol. The number of halogens is 3. The number of benzene rings is 2. The minimum absolute atomic E-state index is 0.114. The lowest BCUT2D eigenvalue weighted by Crippen LogP contribution is -2.29. The molecule has 10 heteroatoms. The summed E-state index contributed by atoms with van der Waals surface area (Å²) < 4.78 is 44.3. The Hall–Kier alpha value is -3.66. The minimum Gasteiger partial charge on any atom is -0.493 e. The Balaban J connectivity index is 1.67. The van der Waals surface area contributed by atoms with Crippen molar-refractivity contribution in [2.24, 2.45) is 5.73 Å². The van der Waals surface area contributed by atoms with Gasteiger partial charge >= 0.3 is 6.18 Å². The first-order valence-corrected chi connectivity index (χ1v) is 10.8. The molecule has 178 valence electrons. The summed E-state index contributed by atoms with van der Waals surface area (Å²) in [6.07, 6.45) is -1.11. The Labute approximate surface area is 194 Å². The van der Waals surface area contributed by atoms with Crippen LogP contribution in [0.15, 0.2) is 48.5 Å². The molecule has 1 aromatic heterocycles. The number of nitrogens with zero attached hydrogens (tertiary/aromatic N) is 3. The Bertz CT molecular complexity index is 1180. The van der Waals surface area contributed by atoms with Gasteiger partial charge in [-0.2, -0.15) is 18.2 Å². The number of aromatic hydroxyl groups is 1. The first-order valence-electron chi connectivity index (χ1n) is 10.8. The van der Waals surface area contributed by atoms with Gasteiger partial charge in [-0.05, 0) is 74.0 Å². The maximum atomic E-state index is 12.8. The summed E-state index contributed by atoms with van der Waals surface area (Å²) in [5, 5.41) is 9.97. The Morgan fingerprint density at radius 2 is 1.68 bits per heavy atom. The maximum Gasteiger partial charge on any atom is 0.416 e. The molecule has 0 saturated carbocycles. The molecule has 0 radical (unpaired) electrons. The zero-order chi connectivity index (χ0) is 24.3. The zero-order valence-corrected chi connectivity index (χ0v) is 18.2. The average Bonchev–Trinajstić information content (AvgIpc) is 2.79. The van der Waals surface area contributed by atoms with E-state index in [9.17, 15) is 23.1 Å². The fourth-order valence-corrected chi connectivity index (χ4v) is 3.87. The molecule has 1 amide bonds. The molecule has 0 bridgehead atoms. The number of nitrogens with two attached hydrogens (primary N) is 1. The summed E-state index contributed by atoms with van der Waals surface area (Å²) in [6.45, 7) is 2.37. The van der Waals surface area contributed by atoms with Gasteiger partial charge in [-0.15, -0.1) is 0 Å². The van der Waals surface area contributed by atoms with Gasteiger partial charge in [0.15, 0.2) is 5.82 Å². The molecule has 1 aliphatic heterocycles. The van der Waals surface area contributed by atoms with E-state index in [0.29, 0.717) is 17.9 Å². The van der Waals surface area contributed by atoms with Crippen molar-refractivity contribution < 1.29 is 27.8 Å². The summed E-state index contributed by atoms with van der Waals surface area (Å²) in [7, 11) is 0. The number of amides is 1. The van der Waals surface area contributed by atoms with Crippen LogP contribution in [0.2, 0.25) is 0 Å². The summed E-state index contributed by atoms with van der Waals surface area (Å²) in [5.41, 5.74) is 5.83. The Morgan fingerprint density at radius 1 is 1.00 bits per heavy atom. The van der Waals surface area contributed by atoms with Gasteiger partial charge in [0.1, 0.15) is 17.2 Å². The van der Waals surface area contributed by atoms with Gasteiger partial charge < -0.3 is 15.6 Å². The second kappa shape index (κ2) is 9.68. The number of carbonyl (C=O) groups excluding carboxylic acids is 1. The number of rotatable bonds is 6. The van der Waals surface area contributed by atoms with Crippen molar-refractivity contribution in [2.45, 2.75) is 32.0 Å². The molecule has 7 nitrogen and oxygen atoms in total. The van der Waals surface area contributed by atoms with Crippen LogP contribution in [0.5, 0.6) is 17.4 Å². The van der Waals surface area contributed by atoms with Gasteiger partial charge in [0.25, 0.3) is 5.91 Å². The van der Waals surface area contributed by atoms with Crippen molar-refractivity contribution in [3.8, 4) is 28.8 Å². The monoisotopic (exact) mass is 472 g/mol. The van der Waals surface area contributed by atoms with Gasteiger partial charge in [0, 0.05) is 18.2 Å². The third-order valence-corrected chi connectivity index (χ3v) is 5.54. The fourth-order valence-electron chi connectivity index (χ4n) is 3.87. The van der Waals surface area contributed by atoms with Crippen molar-refractivity contribution >= 4 is 5.91 Å². The predicted octanol–water partition coefficient (Wildman–Crippen LogP) is 4.75. The highest BCUT2D eigenvalue weighted by atomic mass is 19.4. The van der Waals surface area contributed by atoms with Gasteiger partial charge in [-0.3, -0.25) is 9.69 Å². The van der Waals surface area contributed by atoms with E-state index in [1.807, 2.05) is 0 Å². The van der Waals surface area contributed by atoms with Crippen molar-refractivity contribution in [1.82, 2.24) is 14.9 Å². The van der Waals surface area contributed by atoms with Crippen molar-refractivity contribution in [1.29, 1.82) is 0 Å². The molecular weight excluding hydrogens is 449 g/mol. The zero-order valence-electron chi connectivity index (χ0n) is 18.2. The first-order chi connectivity index (χ1) is 16.2. The third-order valence-electron chi connectivity index (χ3n) is 5.54.